The third kappa shape index (κ3) is 1.91. The Balaban J connectivity index is 2.37. The van der Waals surface area contributed by atoms with Gasteiger partial charge in [0.15, 0.2) is 0 Å². The molecule has 5 nitrogen and oxygen atoms in total. The van der Waals surface area contributed by atoms with E-state index in [1.54, 1.807) is 36.0 Å². The molecule has 0 saturated carbocycles. The van der Waals surface area contributed by atoms with Crippen LogP contribution in [-0.2, 0) is 7.05 Å². The summed E-state index contributed by atoms with van der Waals surface area (Å²) in [6, 6.07) is 11.0. The number of rotatable bonds is 1. The van der Waals surface area contributed by atoms with E-state index in [1.807, 2.05) is 12.1 Å². The van der Waals surface area contributed by atoms with Gasteiger partial charge in [-0.1, -0.05) is 0 Å². The summed E-state index contributed by atoms with van der Waals surface area (Å²) in [5.74, 6) is 0. The van der Waals surface area contributed by atoms with Crippen LogP contribution in [0.15, 0.2) is 41.3 Å². The first kappa shape index (κ1) is 12.9. The van der Waals surface area contributed by atoms with Crippen LogP contribution in [0, 0.1) is 15.0 Å². The lowest BCUT2D eigenvalue weighted by Crippen LogP contribution is -2.20. The summed E-state index contributed by atoms with van der Waals surface area (Å²) in [6.45, 7) is 0. The lowest BCUT2D eigenvalue weighted by molar-refractivity contribution is 0.844. The maximum absolute atomic E-state index is 12.4. The molecule has 0 saturated heterocycles. The Bertz CT molecular complexity index is 900. The van der Waals surface area contributed by atoms with Gasteiger partial charge in [-0.25, -0.2) is 9.78 Å². The number of halogens is 1. The molecule has 20 heavy (non-hydrogen) atoms. The SMILES string of the molecule is Cn1c(=O)n(-c2ccc(I)nc2)c2ccc(C#N)cc21. The number of aromatic nitrogens is 3. The lowest BCUT2D eigenvalue weighted by Gasteiger charge is -2.02. The molecule has 0 spiro atoms. The van der Waals surface area contributed by atoms with E-state index in [0.29, 0.717) is 11.3 Å². The van der Waals surface area contributed by atoms with Crippen LogP contribution in [0.5, 0.6) is 0 Å². The second-order valence-electron chi connectivity index (χ2n) is 4.33. The molecule has 0 unspecified atom stereocenters. The Kier molecular flexibility index (Phi) is 3.06. The minimum atomic E-state index is -0.155. The van der Waals surface area contributed by atoms with Gasteiger partial charge in [-0.2, -0.15) is 5.26 Å². The van der Waals surface area contributed by atoms with E-state index in [0.717, 1.165) is 14.7 Å². The molecular weight excluding hydrogens is 367 g/mol. The van der Waals surface area contributed by atoms with Gasteiger partial charge < -0.3 is 0 Å². The molecule has 0 bridgehead atoms. The molecule has 0 aliphatic carbocycles. The normalized spacial score (nSPS) is 10.7. The summed E-state index contributed by atoms with van der Waals surface area (Å²) in [5, 5.41) is 8.96. The van der Waals surface area contributed by atoms with Crippen LogP contribution in [0.3, 0.4) is 0 Å². The van der Waals surface area contributed by atoms with Crippen LogP contribution in [0.2, 0.25) is 0 Å². The monoisotopic (exact) mass is 376 g/mol. The number of hydrogen-bond donors (Lipinski definition) is 0. The van der Waals surface area contributed by atoms with Crippen LogP contribution in [-0.4, -0.2) is 14.1 Å². The number of fused-ring (bicyclic) bond motifs is 1. The third-order valence-corrected chi connectivity index (χ3v) is 3.79. The quantitative estimate of drug-likeness (QED) is 0.483. The van der Waals surface area contributed by atoms with Crippen LogP contribution in [0.1, 0.15) is 5.56 Å². The maximum atomic E-state index is 12.4. The van der Waals surface area contributed by atoms with E-state index in [-0.39, 0.29) is 5.69 Å². The molecule has 0 atom stereocenters. The van der Waals surface area contributed by atoms with Crippen molar-refractivity contribution in [1.29, 1.82) is 5.26 Å². The standard InChI is InChI=1S/C14H9IN4O/c1-18-12-6-9(7-16)2-4-11(12)19(14(18)20)10-3-5-13(15)17-8-10/h2-6,8H,1H3. The van der Waals surface area contributed by atoms with Crippen molar-refractivity contribution in [1.82, 2.24) is 14.1 Å². The van der Waals surface area contributed by atoms with E-state index in [4.69, 9.17) is 5.26 Å². The number of nitrogens with zero attached hydrogens (tertiary/aromatic N) is 4. The van der Waals surface area contributed by atoms with Crippen molar-refractivity contribution in [2.45, 2.75) is 0 Å². The first-order valence-electron chi connectivity index (χ1n) is 5.85. The average Bonchev–Trinajstić information content (AvgIpc) is 2.72. The summed E-state index contributed by atoms with van der Waals surface area (Å²) < 4.78 is 4.00. The van der Waals surface area contributed by atoms with Crippen molar-refractivity contribution in [3.05, 3.63) is 56.3 Å². The van der Waals surface area contributed by atoms with E-state index in [9.17, 15) is 4.79 Å². The molecule has 0 radical (unpaired) electrons. The van der Waals surface area contributed by atoms with Crippen molar-refractivity contribution >= 4 is 33.6 Å². The highest BCUT2D eigenvalue weighted by atomic mass is 127. The Morgan fingerprint density at radius 2 is 2.05 bits per heavy atom. The molecule has 1 aromatic carbocycles. The maximum Gasteiger partial charge on any atom is 0.333 e. The topological polar surface area (TPSA) is 63.6 Å². The second-order valence-corrected chi connectivity index (χ2v) is 5.44. The summed E-state index contributed by atoms with van der Waals surface area (Å²) in [6.07, 6.45) is 1.67. The van der Waals surface area contributed by atoms with Gasteiger partial charge in [0.2, 0.25) is 0 Å². The minimum absolute atomic E-state index is 0.155. The van der Waals surface area contributed by atoms with Gasteiger partial charge >= 0.3 is 5.69 Å². The van der Waals surface area contributed by atoms with Gasteiger partial charge in [-0.15, -0.1) is 0 Å². The van der Waals surface area contributed by atoms with Crippen LogP contribution in [0.4, 0.5) is 0 Å². The molecule has 3 rings (SSSR count). The fraction of sp³-hybridized carbons (Fsp3) is 0.0714. The Hall–Kier alpha value is -2.14. The second kappa shape index (κ2) is 4.76. The fourth-order valence-electron chi connectivity index (χ4n) is 2.16. The van der Waals surface area contributed by atoms with E-state index >= 15 is 0 Å². The zero-order valence-electron chi connectivity index (χ0n) is 10.5. The molecule has 0 aliphatic heterocycles. The zero-order valence-corrected chi connectivity index (χ0v) is 12.7. The molecule has 6 heteroatoms. The van der Waals surface area contributed by atoms with Gasteiger partial charge in [0.1, 0.15) is 3.70 Å². The van der Waals surface area contributed by atoms with Crippen molar-refractivity contribution in [3.63, 3.8) is 0 Å². The smallest absolute Gasteiger partial charge is 0.295 e. The molecule has 0 fully saturated rings. The fourth-order valence-corrected chi connectivity index (χ4v) is 2.48. The van der Waals surface area contributed by atoms with Crippen molar-refractivity contribution < 1.29 is 0 Å². The van der Waals surface area contributed by atoms with Crippen LogP contribution < -0.4 is 5.69 Å². The molecular formula is C14H9IN4O. The van der Waals surface area contributed by atoms with Crippen molar-refractivity contribution in [3.8, 4) is 11.8 Å². The van der Waals surface area contributed by atoms with Gasteiger partial charge in [0.25, 0.3) is 0 Å². The van der Waals surface area contributed by atoms with Crippen LogP contribution in [0.25, 0.3) is 16.7 Å². The number of aryl methyl sites for hydroxylation is 1. The third-order valence-electron chi connectivity index (χ3n) is 3.15. The number of hydrogen-bond acceptors (Lipinski definition) is 3. The highest BCUT2D eigenvalue weighted by Gasteiger charge is 2.12. The molecule has 0 N–H and O–H groups in total. The highest BCUT2D eigenvalue weighted by molar-refractivity contribution is 14.1. The first-order chi connectivity index (χ1) is 9.61. The summed E-state index contributed by atoms with van der Waals surface area (Å²) in [4.78, 5) is 16.6. The summed E-state index contributed by atoms with van der Waals surface area (Å²) >= 11 is 2.12. The molecule has 0 aliphatic rings. The number of pyridine rings is 1. The highest BCUT2D eigenvalue weighted by Crippen LogP contribution is 2.18. The van der Waals surface area contributed by atoms with Gasteiger partial charge in [-0.3, -0.25) is 9.13 Å². The van der Waals surface area contributed by atoms with Crippen molar-refractivity contribution in [2.24, 2.45) is 7.05 Å². The number of benzene rings is 1. The lowest BCUT2D eigenvalue weighted by atomic mass is 10.2. The summed E-state index contributed by atoms with van der Waals surface area (Å²) in [7, 11) is 1.70. The first-order valence-corrected chi connectivity index (χ1v) is 6.93. The predicted octanol–water partition coefficient (Wildman–Crippen LogP) is 2.20. The van der Waals surface area contributed by atoms with E-state index in [1.165, 1.54) is 4.57 Å². The molecule has 98 valence electrons. The molecule has 0 amide bonds. The number of imidazole rings is 1. The average molecular weight is 376 g/mol. The largest absolute Gasteiger partial charge is 0.333 e. The molecule has 2 aromatic heterocycles. The Labute approximate surface area is 128 Å². The Morgan fingerprint density at radius 1 is 1.25 bits per heavy atom. The van der Waals surface area contributed by atoms with Gasteiger partial charge in [0, 0.05) is 7.05 Å². The van der Waals surface area contributed by atoms with E-state index in [2.05, 4.69) is 33.6 Å². The molecule has 3 aromatic rings. The van der Waals surface area contributed by atoms with E-state index < -0.39 is 0 Å². The van der Waals surface area contributed by atoms with Gasteiger partial charge in [-0.05, 0) is 52.9 Å². The predicted molar refractivity (Wildman–Crippen MR) is 83.7 cm³/mol. The van der Waals surface area contributed by atoms with Crippen LogP contribution >= 0.6 is 22.6 Å². The Morgan fingerprint density at radius 3 is 2.70 bits per heavy atom. The van der Waals surface area contributed by atoms with Gasteiger partial charge in [0.05, 0.1) is 34.6 Å². The minimum Gasteiger partial charge on any atom is -0.295 e. The zero-order chi connectivity index (χ0) is 14.3. The van der Waals surface area contributed by atoms with Crippen molar-refractivity contribution in [2.75, 3.05) is 0 Å². The number of nitriles is 1. The molecule has 2 heterocycles. The summed E-state index contributed by atoms with van der Waals surface area (Å²) in [5.41, 5.74) is 2.59.